The quantitative estimate of drug-likeness (QED) is 0.903. The zero-order valence-electron chi connectivity index (χ0n) is 9.35. The highest BCUT2D eigenvalue weighted by atomic mass is 32.2. The summed E-state index contributed by atoms with van der Waals surface area (Å²) in [5.41, 5.74) is 0. The van der Waals surface area contributed by atoms with Crippen LogP contribution in [0.3, 0.4) is 0 Å². The van der Waals surface area contributed by atoms with Crippen molar-refractivity contribution in [3.8, 4) is 0 Å². The van der Waals surface area contributed by atoms with E-state index < -0.39 is 10.0 Å². The number of thiophene rings is 1. The van der Waals surface area contributed by atoms with E-state index in [1.54, 1.807) is 11.3 Å². The molecule has 1 fully saturated rings. The van der Waals surface area contributed by atoms with E-state index in [1.165, 1.54) is 7.05 Å². The van der Waals surface area contributed by atoms with Crippen molar-refractivity contribution >= 4 is 21.4 Å². The molecule has 1 saturated carbocycles. The molecule has 1 N–H and O–H groups in total. The lowest BCUT2D eigenvalue weighted by Crippen LogP contribution is -2.29. The van der Waals surface area contributed by atoms with Gasteiger partial charge in [0.05, 0.1) is 0 Å². The van der Waals surface area contributed by atoms with Gasteiger partial charge >= 0.3 is 0 Å². The second kappa shape index (κ2) is 4.85. The summed E-state index contributed by atoms with van der Waals surface area (Å²) in [6.07, 6.45) is 4.38. The number of rotatable bonds is 4. The third-order valence-corrected chi connectivity index (χ3v) is 6.25. The lowest BCUT2D eigenvalue weighted by atomic mass is 10.0. The monoisotopic (exact) mass is 259 g/mol. The van der Waals surface area contributed by atoms with Crippen LogP contribution in [0.5, 0.6) is 0 Å². The summed E-state index contributed by atoms with van der Waals surface area (Å²) in [4.78, 5) is 0.973. The molecule has 1 atom stereocenters. The molecule has 0 aliphatic heterocycles. The van der Waals surface area contributed by atoms with Gasteiger partial charge in [0.25, 0.3) is 0 Å². The Hall–Kier alpha value is -0.390. The van der Waals surface area contributed by atoms with E-state index in [0.29, 0.717) is 0 Å². The van der Waals surface area contributed by atoms with Crippen LogP contribution in [0.4, 0.5) is 0 Å². The first-order valence-electron chi connectivity index (χ1n) is 5.61. The Bertz CT molecular complexity index is 419. The van der Waals surface area contributed by atoms with Crippen molar-refractivity contribution in [2.75, 3.05) is 7.05 Å². The zero-order chi connectivity index (χ0) is 11.6. The average molecular weight is 259 g/mol. The van der Waals surface area contributed by atoms with Crippen LogP contribution >= 0.6 is 11.3 Å². The Kier molecular flexibility index (Phi) is 3.66. The van der Waals surface area contributed by atoms with Gasteiger partial charge in [-0.1, -0.05) is 18.9 Å². The molecule has 90 valence electrons. The molecule has 2 rings (SSSR count). The molecule has 1 aromatic heterocycles. The fourth-order valence-electron chi connectivity index (χ4n) is 2.48. The Labute approximate surface area is 101 Å². The fraction of sp³-hybridized carbons (Fsp3) is 0.636. The molecule has 0 bridgehead atoms. The van der Waals surface area contributed by atoms with Crippen molar-refractivity contribution in [1.29, 1.82) is 0 Å². The summed E-state index contributed by atoms with van der Waals surface area (Å²) >= 11 is 1.54. The first kappa shape index (κ1) is 12.1. The van der Waals surface area contributed by atoms with Crippen LogP contribution in [0.2, 0.25) is 0 Å². The highest BCUT2D eigenvalue weighted by Crippen LogP contribution is 2.41. The van der Waals surface area contributed by atoms with Gasteiger partial charge < -0.3 is 0 Å². The van der Waals surface area contributed by atoms with Crippen LogP contribution in [0.25, 0.3) is 0 Å². The summed E-state index contributed by atoms with van der Waals surface area (Å²) in [5.74, 6) is 0.288. The number of hydrogen-bond acceptors (Lipinski definition) is 3. The lowest BCUT2D eigenvalue weighted by molar-refractivity contribution is 0.492. The van der Waals surface area contributed by atoms with Crippen molar-refractivity contribution in [2.24, 2.45) is 5.92 Å². The van der Waals surface area contributed by atoms with Gasteiger partial charge in [-0.3, -0.25) is 0 Å². The van der Waals surface area contributed by atoms with E-state index >= 15 is 0 Å². The summed E-state index contributed by atoms with van der Waals surface area (Å²) in [7, 11) is -1.70. The lowest BCUT2D eigenvalue weighted by Gasteiger charge is -2.21. The molecule has 1 aromatic rings. The maximum atomic E-state index is 12.1. The van der Waals surface area contributed by atoms with Crippen LogP contribution in [0.1, 0.15) is 35.8 Å². The predicted molar refractivity (Wildman–Crippen MR) is 67.0 cm³/mol. The third kappa shape index (κ3) is 2.31. The molecule has 1 aliphatic carbocycles. The van der Waals surface area contributed by atoms with Crippen LogP contribution < -0.4 is 4.72 Å². The Morgan fingerprint density at radius 3 is 2.62 bits per heavy atom. The van der Waals surface area contributed by atoms with Gasteiger partial charge in [0, 0.05) is 4.88 Å². The number of nitrogens with one attached hydrogen (secondary N) is 1. The second-order valence-corrected chi connectivity index (χ2v) is 7.22. The molecule has 1 heterocycles. The van der Waals surface area contributed by atoms with Gasteiger partial charge in [0.1, 0.15) is 5.25 Å². The number of sulfonamides is 1. The Morgan fingerprint density at radius 2 is 2.12 bits per heavy atom. The van der Waals surface area contributed by atoms with Crippen LogP contribution in [0.15, 0.2) is 17.5 Å². The van der Waals surface area contributed by atoms with Gasteiger partial charge in [0.2, 0.25) is 10.0 Å². The highest BCUT2D eigenvalue weighted by Gasteiger charge is 2.36. The van der Waals surface area contributed by atoms with E-state index in [1.807, 2.05) is 17.5 Å². The van der Waals surface area contributed by atoms with Gasteiger partial charge in [-0.2, -0.15) is 0 Å². The molecular formula is C11H17NO2S2. The molecule has 5 heteroatoms. The van der Waals surface area contributed by atoms with E-state index in [4.69, 9.17) is 0 Å². The maximum Gasteiger partial charge on any atom is 0.219 e. The molecule has 0 saturated heterocycles. The van der Waals surface area contributed by atoms with Crippen LogP contribution in [-0.2, 0) is 10.0 Å². The molecule has 1 unspecified atom stereocenters. The van der Waals surface area contributed by atoms with Crippen molar-refractivity contribution in [3.05, 3.63) is 22.4 Å². The minimum atomic E-state index is -3.21. The third-order valence-electron chi connectivity index (χ3n) is 3.27. The summed E-state index contributed by atoms with van der Waals surface area (Å²) < 4.78 is 26.6. The second-order valence-electron chi connectivity index (χ2n) is 4.23. The van der Waals surface area contributed by atoms with E-state index in [-0.39, 0.29) is 11.2 Å². The van der Waals surface area contributed by atoms with Crippen molar-refractivity contribution in [3.63, 3.8) is 0 Å². The topological polar surface area (TPSA) is 46.2 Å². The smallest absolute Gasteiger partial charge is 0.218 e. The largest absolute Gasteiger partial charge is 0.219 e. The van der Waals surface area contributed by atoms with Gasteiger partial charge in [-0.15, -0.1) is 11.3 Å². The number of hydrogen-bond donors (Lipinski definition) is 1. The SMILES string of the molecule is CNS(=O)(=O)C(c1cccs1)C1CCCC1. The van der Waals surface area contributed by atoms with Gasteiger partial charge in [0.15, 0.2) is 0 Å². The minimum absolute atomic E-state index is 0.288. The van der Waals surface area contributed by atoms with E-state index in [9.17, 15) is 8.42 Å². The standard InChI is InChI=1S/C11H17NO2S2/c1-12-16(13,14)11(9-5-2-3-6-9)10-7-4-8-15-10/h4,7-9,11-12H,2-3,5-6H2,1H3. The molecule has 0 aromatic carbocycles. The molecule has 0 spiro atoms. The van der Waals surface area contributed by atoms with Crippen LogP contribution in [0, 0.1) is 5.92 Å². The maximum absolute atomic E-state index is 12.1. The van der Waals surface area contributed by atoms with E-state index in [2.05, 4.69) is 4.72 Å². The van der Waals surface area contributed by atoms with Gasteiger partial charge in [-0.25, -0.2) is 13.1 Å². The summed E-state index contributed by atoms with van der Waals surface area (Å²) in [6, 6.07) is 3.86. The summed E-state index contributed by atoms with van der Waals surface area (Å²) in [6.45, 7) is 0. The van der Waals surface area contributed by atoms with Crippen LogP contribution in [-0.4, -0.2) is 15.5 Å². The average Bonchev–Trinajstić information content (AvgIpc) is 2.90. The zero-order valence-corrected chi connectivity index (χ0v) is 11.0. The molecule has 1 aliphatic rings. The molecule has 3 nitrogen and oxygen atoms in total. The van der Waals surface area contributed by atoms with Crippen molar-refractivity contribution in [2.45, 2.75) is 30.9 Å². The summed E-state index contributed by atoms with van der Waals surface area (Å²) in [5, 5.41) is 1.60. The highest BCUT2D eigenvalue weighted by molar-refractivity contribution is 7.89. The molecule has 16 heavy (non-hydrogen) atoms. The van der Waals surface area contributed by atoms with E-state index in [0.717, 1.165) is 30.6 Å². The van der Waals surface area contributed by atoms with Gasteiger partial charge in [-0.05, 0) is 37.3 Å². The minimum Gasteiger partial charge on any atom is -0.218 e. The molecular weight excluding hydrogens is 242 g/mol. The predicted octanol–water partition coefficient (Wildman–Crippen LogP) is 2.53. The molecule has 0 radical (unpaired) electrons. The fourth-order valence-corrected chi connectivity index (χ4v) is 5.24. The molecule has 0 amide bonds. The first-order chi connectivity index (χ1) is 7.65. The van der Waals surface area contributed by atoms with Crippen molar-refractivity contribution < 1.29 is 8.42 Å². The Morgan fingerprint density at radius 1 is 1.44 bits per heavy atom. The first-order valence-corrected chi connectivity index (χ1v) is 8.03. The normalized spacial score (nSPS) is 20.1. The Balaban J connectivity index is 2.33. The van der Waals surface area contributed by atoms with Crippen molar-refractivity contribution in [1.82, 2.24) is 4.72 Å².